The first kappa shape index (κ1) is 73.9. The van der Waals surface area contributed by atoms with E-state index in [2.05, 4.69) is 61.4 Å². The number of benzene rings is 1. The van der Waals surface area contributed by atoms with E-state index in [-0.39, 0.29) is 78.5 Å². The van der Waals surface area contributed by atoms with Crippen LogP contribution >= 0.6 is 22.7 Å². The first-order chi connectivity index (χ1) is 40.7. The minimum absolute atomic E-state index is 0.0867. The van der Waals surface area contributed by atoms with Gasteiger partial charge in [-0.3, -0.25) is 47.9 Å². The Balaban J connectivity index is 0.000000438. The number of rotatable bonds is 36. The molecule has 15 N–H and O–H groups in total. The maximum absolute atomic E-state index is 12.5. The van der Waals surface area contributed by atoms with E-state index in [1.54, 1.807) is 61.5 Å². The van der Waals surface area contributed by atoms with E-state index in [9.17, 15) is 53.1 Å². The predicted molar refractivity (Wildman–Crippen MR) is 331 cm³/mol. The van der Waals surface area contributed by atoms with Crippen LogP contribution in [-0.2, 0) is 33.6 Å². The third kappa shape index (κ3) is 32.6. The minimum Gasteiger partial charge on any atom is -0.481 e. The highest BCUT2D eigenvalue weighted by Gasteiger charge is 2.27. The summed E-state index contributed by atoms with van der Waals surface area (Å²) in [4.78, 5) is 120. The van der Waals surface area contributed by atoms with Crippen molar-refractivity contribution in [3.05, 3.63) is 87.3 Å². The monoisotopic (exact) mass is 1220 g/mol. The summed E-state index contributed by atoms with van der Waals surface area (Å²) in [6.07, 6.45) is 12.6. The van der Waals surface area contributed by atoms with Crippen molar-refractivity contribution in [2.75, 3.05) is 45.0 Å². The van der Waals surface area contributed by atoms with Gasteiger partial charge in [0.25, 0.3) is 17.7 Å². The number of unbranched alkanes of at least 4 members (excludes halogenated alkanes) is 3. The first-order valence-electron chi connectivity index (χ1n) is 29.4. The molecule has 1 aliphatic carbocycles. The average Bonchev–Trinajstić information content (AvgIpc) is 4.42. The summed E-state index contributed by atoms with van der Waals surface area (Å²) >= 11 is 2.64. The van der Waals surface area contributed by atoms with Crippen molar-refractivity contribution in [1.82, 2.24) is 47.9 Å². The van der Waals surface area contributed by atoms with Crippen LogP contribution in [0.4, 0.5) is 5.69 Å². The van der Waals surface area contributed by atoms with E-state index < -0.39 is 36.2 Å². The number of aliphatic hydroxyl groups is 1. The van der Waals surface area contributed by atoms with Crippen molar-refractivity contribution in [3.63, 3.8) is 0 Å². The SMILES string of the molecule is C=CCNC(=O)[C@@H](CCCCNC(=O)c1ccc(N)cc1)NC(=O)c1cccs1.CCC1CCC(C(=O)NCCCCC(NC(=O)c2cccs2)C(=O)NC[C@@H](C)O)CC1.CCCNC(=O)[C@@H](CCCCNC(=O)[C@@H](N)CCC(=O)O)NC(C)=O. The Morgan fingerprint density at radius 3 is 1.59 bits per heavy atom. The topological polar surface area (TPSA) is 371 Å². The van der Waals surface area contributed by atoms with E-state index in [4.69, 9.17) is 16.6 Å². The Morgan fingerprint density at radius 1 is 0.624 bits per heavy atom. The zero-order valence-corrected chi connectivity index (χ0v) is 51.4. The lowest BCUT2D eigenvalue weighted by molar-refractivity contribution is -0.137. The summed E-state index contributed by atoms with van der Waals surface area (Å²) in [5.41, 5.74) is 12.4. The molecule has 1 fully saturated rings. The largest absolute Gasteiger partial charge is 0.481 e. The van der Waals surface area contributed by atoms with Gasteiger partial charge in [0.15, 0.2) is 0 Å². The highest BCUT2D eigenvalue weighted by molar-refractivity contribution is 7.12. The molecule has 0 bridgehead atoms. The number of anilines is 1. The summed E-state index contributed by atoms with van der Waals surface area (Å²) in [5.74, 6) is -2.08. The number of nitrogens with two attached hydrogens (primary N) is 2. The van der Waals surface area contributed by atoms with E-state index >= 15 is 0 Å². The molecule has 85 heavy (non-hydrogen) atoms. The van der Waals surface area contributed by atoms with Gasteiger partial charge in [-0.05, 0) is 156 Å². The van der Waals surface area contributed by atoms with E-state index in [1.807, 2.05) is 17.7 Å². The van der Waals surface area contributed by atoms with Gasteiger partial charge in [-0.1, -0.05) is 38.5 Å². The third-order valence-electron chi connectivity index (χ3n) is 13.6. The Hall–Kier alpha value is -7.22. The molecule has 5 atom stereocenters. The Kier molecular flexibility index (Phi) is 37.7. The molecule has 0 radical (unpaired) electrons. The summed E-state index contributed by atoms with van der Waals surface area (Å²) in [7, 11) is 0. The standard InChI is InChI=1S/C23H37N3O4S.C21H26N4O3S.C16H30N4O5/c1-3-17-9-11-18(12-10-17)21(28)24-13-5-4-7-19(22(29)25-15-16(2)27)26-23(30)20-8-6-14-31-20;1-2-12-23-20(27)17(25-21(28)18-7-5-14-29-18)6-3-4-13-24-19(26)15-8-10-16(22)11-9-15;1-3-9-18-16(25)13(20-11(2)21)6-4-5-10-19-15(24)12(17)7-8-14(22)23/h6,8,14,16-19,27H,3-5,7,9-13,15H2,1-2H3,(H,24,28)(H,25,29)(H,26,30);2,5,7-11,14,17H,1,3-4,6,12-13,22H2,(H,23,27)(H,24,26)(H,25,28);12-13H,3-10,17H2,1-2H3,(H,18,25)(H,19,24)(H,20,21)(H,22,23)/t16-,17?,18?,19?;17-;12-,13+/m110/s1. The highest BCUT2D eigenvalue weighted by Crippen LogP contribution is 2.30. The molecule has 9 amide bonds. The molecule has 4 rings (SSSR count). The molecular weight excluding hydrogens is 1130 g/mol. The minimum atomic E-state index is -0.992. The Bertz CT molecular complexity index is 2490. The van der Waals surface area contributed by atoms with Gasteiger partial charge in [0.05, 0.1) is 21.9 Å². The van der Waals surface area contributed by atoms with E-state index in [0.29, 0.717) is 105 Å². The lowest BCUT2D eigenvalue weighted by atomic mass is 9.80. The third-order valence-corrected chi connectivity index (χ3v) is 15.3. The van der Waals surface area contributed by atoms with Gasteiger partial charge in [-0.25, -0.2) is 0 Å². The van der Waals surface area contributed by atoms with Crippen molar-refractivity contribution in [1.29, 1.82) is 0 Å². The second-order valence-electron chi connectivity index (χ2n) is 20.8. The van der Waals surface area contributed by atoms with Crippen molar-refractivity contribution < 1.29 is 58.2 Å². The summed E-state index contributed by atoms with van der Waals surface area (Å²) in [6.45, 7) is 13.1. The quantitative estimate of drug-likeness (QED) is 0.0214. The molecule has 0 aliphatic heterocycles. The number of carboxylic acids is 1. The highest BCUT2D eigenvalue weighted by atomic mass is 32.1. The molecule has 1 saturated carbocycles. The van der Waals surface area contributed by atoms with E-state index in [1.165, 1.54) is 36.0 Å². The Labute approximate surface area is 508 Å². The molecule has 1 aliphatic rings. The number of nitrogens with one attached hydrogen (secondary N) is 9. The molecular formula is C60H93N11O12S2. The number of hydrogen-bond donors (Lipinski definition) is 13. The smallest absolute Gasteiger partial charge is 0.303 e. The fraction of sp³-hybridized carbons (Fsp3) is 0.567. The number of hydrogen-bond acceptors (Lipinski definition) is 15. The van der Waals surface area contributed by atoms with Gasteiger partial charge in [0, 0.05) is 69.8 Å². The van der Waals surface area contributed by atoms with Crippen LogP contribution in [0.15, 0.2) is 71.9 Å². The molecule has 0 saturated heterocycles. The van der Waals surface area contributed by atoms with Crippen LogP contribution in [0.3, 0.4) is 0 Å². The predicted octanol–water partition coefficient (Wildman–Crippen LogP) is 4.67. The van der Waals surface area contributed by atoms with Crippen molar-refractivity contribution in [2.24, 2.45) is 17.6 Å². The molecule has 2 aromatic heterocycles. The van der Waals surface area contributed by atoms with Crippen LogP contribution in [0.2, 0.25) is 0 Å². The van der Waals surface area contributed by atoms with Gasteiger partial charge in [0.2, 0.25) is 35.4 Å². The second kappa shape index (κ2) is 43.4. The lowest BCUT2D eigenvalue weighted by Gasteiger charge is -2.27. The number of carbonyl (C=O) groups excluding carboxylic acids is 9. The first-order valence-corrected chi connectivity index (χ1v) is 31.2. The Morgan fingerprint density at radius 2 is 1.12 bits per heavy atom. The molecule has 25 heteroatoms. The van der Waals surface area contributed by atoms with Gasteiger partial charge in [0.1, 0.15) is 18.1 Å². The van der Waals surface area contributed by atoms with Gasteiger partial charge >= 0.3 is 5.97 Å². The number of thiophene rings is 2. The average molecular weight is 1220 g/mol. The fourth-order valence-electron chi connectivity index (χ4n) is 8.67. The van der Waals surface area contributed by atoms with Crippen LogP contribution in [0.1, 0.15) is 167 Å². The van der Waals surface area contributed by atoms with Crippen LogP contribution < -0.4 is 59.3 Å². The molecule has 0 spiro atoms. The summed E-state index contributed by atoms with van der Waals surface area (Å²) < 4.78 is 0. The molecule has 3 aromatic rings. The molecule has 472 valence electrons. The van der Waals surface area contributed by atoms with Crippen molar-refractivity contribution in [3.8, 4) is 0 Å². The second-order valence-corrected chi connectivity index (χ2v) is 22.7. The van der Waals surface area contributed by atoms with E-state index in [0.717, 1.165) is 44.4 Å². The maximum atomic E-state index is 12.5. The zero-order chi connectivity index (χ0) is 62.9. The number of carboxylic acid groups (broad SMARTS) is 1. The zero-order valence-electron chi connectivity index (χ0n) is 49.8. The maximum Gasteiger partial charge on any atom is 0.303 e. The van der Waals surface area contributed by atoms with Gasteiger partial charge in [-0.2, -0.15) is 0 Å². The number of aliphatic carboxylic acids is 1. The number of nitrogen functional groups attached to an aromatic ring is 1. The molecule has 2 heterocycles. The lowest BCUT2D eigenvalue weighted by Crippen LogP contribution is -2.48. The molecule has 23 nitrogen and oxygen atoms in total. The van der Waals surface area contributed by atoms with Crippen molar-refractivity contribution in [2.45, 2.75) is 167 Å². The van der Waals surface area contributed by atoms with Crippen LogP contribution in [0, 0.1) is 11.8 Å². The van der Waals surface area contributed by atoms with Gasteiger partial charge in [-0.15, -0.1) is 29.3 Å². The molecule has 1 aromatic carbocycles. The molecule has 1 unspecified atom stereocenters. The normalized spacial score (nSPS) is 15.1. The van der Waals surface area contributed by atoms with Crippen LogP contribution in [0.5, 0.6) is 0 Å². The van der Waals surface area contributed by atoms with Crippen molar-refractivity contribution >= 4 is 87.5 Å². The number of amides is 9. The number of aliphatic hydroxyl groups excluding tert-OH is 1. The summed E-state index contributed by atoms with van der Waals surface area (Å²) in [5, 5.41) is 46.4. The summed E-state index contributed by atoms with van der Waals surface area (Å²) in [6, 6.07) is 11.0. The van der Waals surface area contributed by atoms with Gasteiger partial charge < -0.3 is 69.5 Å². The fourth-order valence-corrected chi connectivity index (χ4v) is 9.92. The number of carbonyl (C=O) groups is 10. The van der Waals surface area contributed by atoms with Crippen LogP contribution in [0.25, 0.3) is 0 Å². The van der Waals surface area contributed by atoms with Crippen LogP contribution in [-0.4, -0.2) is 139 Å².